The fourth-order valence-electron chi connectivity index (χ4n) is 3.37. The van der Waals surface area contributed by atoms with E-state index in [2.05, 4.69) is 38.8 Å². The highest BCUT2D eigenvalue weighted by Gasteiger charge is 2.02. The second kappa shape index (κ2) is 18.2. The van der Waals surface area contributed by atoms with E-state index in [9.17, 15) is 0 Å². The van der Waals surface area contributed by atoms with Crippen LogP contribution in [-0.4, -0.2) is 24.5 Å². The summed E-state index contributed by atoms with van der Waals surface area (Å²) in [6.45, 7) is 18.4. The molecule has 0 rings (SSSR count). The Hall–Kier alpha value is -0.560. The molecule has 0 aromatic rings. The minimum absolute atomic E-state index is 1.22. The fourth-order valence-corrected chi connectivity index (χ4v) is 3.37. The number of allylic oxidation sites excluding steroid dienone is 2. The van der Waals surface area contributed by atoms with E-state index >= 15 is 0 Å². The van der Waals surface area contributed by atoms with Gasteiger partial charge in [0.05, 0.1) is 0 Å². The summed E-state index contributed by atoms with van der Waals surface area (Å²) in [6.07, 6.45) is 19.1. The first-order chi connectivity index (χ1) is 12.1. The molecule has 0 fully saturated rings. The summed E-state index contributed by atoms with van der Waals surface area (Å²) in [5, 5.41) is 0. The van der Waals surface area contributed by atoms with Crippen molar-refractivity contribution in [2.45, 2.75) is 111 Å². The first-order valence-electron chi connectivity index (χ1n) is 11.1. The number of rotatable bonds is 19. The Bertz CT molecular complexity index is 288. The van der Waals surface area contributed by atoms with E-state index in [0.29, 0.717) is 0 Å². The Morgan fingerprint density at radius 1 is 0.560 bits per heavy atom. The van der Waals surface area contributed by atoms with E-state index < -0.39 is 0 Å². The molecule has 0 atom stereocenters. The van der Waals surface area contributed by atoms with Crippen LogP contribution < -0.4 is 0 Å². The molecule has 0 saturated carbocycles. The summed E-state index contributed by atoms with van der Waals surface area (Å²) in [4.78, 5) is 2.65. The molecular weight excluding hydrogens is 302 g/mol. The third kappa shape index (κ3) is 19.6. The lowest BCUT2D eigenvalue weighted by Crippen LogP contribution is -2.25. The predicted molar refractivity (Wildman–Crippen MR) is 116 cm³/mol. The normalized spacial score (nSPS) is 11.2. The highest BCUT2D eigenvalue weighted by atomic mass is 15.1. The van der Waals surface area contributed by atoms with Crippen LogP contribution in [0.25, 0.3) is 0 Å². The lowest BCUT2D eigenvalue weighted by Gasteiger charge is -2.20. The van der Waals surface area contributed by atoms with Crippen LogP contribution in [0, 0.1) is 0 Å². The fraction of sp³-hybridized carbons (Fsp3) is 0.833. The highest BCUT2D eigenvalue weighted by Crippen LogP contribution is 2.12. The minimum atomic E-state index is 1.22. The molecule has 0 spiro atoms. The van der Waals surface area contributed by atoms with Gasteiger partial charge in [0, 0.05) is 0 Å². The van der Waals surface area contributed by atoms with Crippen LogP contribution in [-0.2, 0) is 0 Å². The van der Waals surface area contributed by atoms with Gasteiger partial charge >= 0.3 is 0 Å². The maximum Gasteiger partial charge on any atom is -0.00189 e. The predicted octanol–water partition coefficient (Wildman–Crippen LogP) is 7.92. The molecule has 0 aliphatic rings. The first kappa shape index (κ1) is 24.4. The maximum absolute atomic E-state index is 3.98. The lowest BCUT2D eigenvalue weighted by atomic mass is 10.1. The second-order valence-corrected chi connectivity index (χ2v) is 8.09. The molecule has 0 N–H and O–H groups in total. The van der Waals surface area contributed by atoms with Gasteiger partial charge in [-0.1, -0.05) is 69.4 Å². The van der Waals surface area contributed by atoms with Crippen molar-refractivity contribution in [2.24, 2.45) is 0 Å². The van der Waals surface area contributed by atoms with Gasteiger partial charge in [0.1, 0.15) is 0 Å². The van der Waals surface area contributed by atoms with Crippen LogP contribution in [0.3, 0.4) is 0 Å². The van der Waals surface area contributed by atoms with Crippen molar-refractivity contribution in [1.82, 2.24) is 4.90 Å². The van der Waals surface area contributed by atoms with Crippen LogP contribution in [0.4, 0.5) is 0 Å². The Morgan fingerprint density at radius 2 is 0.880 bits per heavy atom. The van der Waals surface area contributed by atoms with Crippen LogP contribution in [0.15, 0.2) is 24.3 Å². The van der Waals surface area contributed by atoms with Crippen LogP contribution in [0.5, 0.6) is 0 Å². The van der Waals surface area contributed by atoms with Crippen molar-refractivity contribution in [1.29, 1.82) is 0 Å². The van der Waals surface area contributed by atoms with Gasteiger partial charge in [-0.3, -0.25) is 0 Å². The van der Waals surface area contributed by atoms with Crippen molar-refractivity contribution in [2.75, 3.05) is 19.6 Å². The summed E-state index contributed by atoms with van der Waals surface area (Å²) >= 11 is 0. The largest absolute Gasteiger partial charge is 0.304 e. The van der Waals surface area contributed by atoms with Gasteiger partial charge in [-0.15, -0.1) is 13.2 Å². The third-order valence-electron chi connectivity index (χ3n) is 5.10. The van der Waals surface area contributed by atoms with Gasteiger partial charge in [-0.25, -0.2) is 0 Å². The van der Waals surface area contributed by atoms with Gasteiger partial charge in [-0.2, -0.15) is 0 Å². The zero-order valence-electron chi connectivity index (χ0n) is 17.9. The SMILES string of the molecule is C=C(C)CCCCCCCCN(CC)CCCCCCCCC(=C)C. The first-order valence-corrected chi connectivity index (χ1v) is 11.1. The highest BCUT2D eigenvalue weighted by molar-refractivity contribution is 4.87. The number of hydrogen-bond acceptors (Lipinski definition) is 1. The molecule has 0 heterocycles. The zero-order valence-corrected chi connectivity index (χ0v) is 17.9. The Morgan fingerprint density at radius 3 is 1.20 bits per heavy atom. The van der Waals surface area contributed by atoms with Crippen molar-refractivity contribution < 1.29 is 0 Å². The molecule has 1 nitrogen and oxygen atoms in total. The summed E-state index contributed by atoms with van der Waals surface area (Å²) < 4.78 is 0. The van der Waals surface area contributed by atoms with Gasteiger partial charge in [0.15, 0.2) is 0 Å². The van der Waals surface area contributed by atoms with E-state index in [1.807, 2.05) is 0 Å². The molecule has 0 radical (unpaired) electrons. The lowest BCUT2D eigenvalue weighted by molar-refractivity contribution is 0.273. The monoisotopic (exact) mass is 349 g/mol. The van der Waals surface area contributed by atoms with Crippen molar-refractivity contribution in [3.05, 3.63) is 24.3 Å². The van der Waals surface area contributed by atoms with Crippen LogP contribution in [0.1, 0.15) is 111 Å². The molecule has 0 aliphatic carbocycles. The molecule has 0 saturated heterocycles. The molecule has 0 amide bonds. The van der Waals surface area contributed by atoms with E-state index in [1.165, 1.54) is 121 Å². The van der Waals surface area contributed by atoms with Crippen LogP contribution in [0.2, 0.25) is 0 Å². The van der Waals surface area contributed by atoms with Crippen molar-refractivity contribution >= 4 is 0 Å². The molecule has 0 aliphatic heterocycles. The van der Waals surface area contributed by atoms with Crippen molar-refractivity contribution in [3.63, 3.8) is 0 Å². The smallest absolute Gasteiger partial charge is 0.00189 e. The van der Waals surface area contributed by atoms with Crippen molar-refractivity contribution in [3.8, 4) is 0 Å². The average Bonchev–Trinajstić information content (AvgIpc) is 2.57. The van der Waals surface area contributed by atoms with Crippen LogP contribution >= 0.6 is 0 Å². The zero-order chi connectivity index (χ0) is 18.8. The van der Waals surface area contributed by atoms with Gasteiger partial charge in [0.25, 0.3) is 0 Å². The standard InChI is InChI=1S/C24H47N/c1-6-25(21-17-13-9-7-11-15-19-23(2)3)22-18-14-10-8-12-16-20-24(4)5/h2,4,6-22H2,1,3,5H3. The molecule has 0 bridgehead atoms. The summed E-state index contributed by atoms with van der Waals surface area (Å²) in [5.41, 5.74) is 2.68. The van der Waals surface area contributed by atoms with Gasteiger partial charge < -0.3 is 4.90 Å². The number of nitrogens with zero attached hydrogens (tertiary/aromatic N) is 1. The van der Waals surface area contributed by atoms with Gasteiger partial charge in [0.2, 0.25) is 0 Å². The Balaban J connectivity index is 3.36. The third-order valence-corrected chi connectivity index (χ3v) is 5.10. The van der Waals surface area contributed by atoms with E-state index in [-0.39, 0.29) is 0 Å². The molecule has 1 heteroatoms. The van der Waals surface area contributed by atoms with E-state index in [0.717, 1.165) is 0 Å². The van der Waals surface area contributed by atoms with E-state index in [1.54, 1.807) is 0 Å². The Labute approximate surface area is 160 Å². The molecule has 148 valence electrons. The molecule has 0 aromatic heterocycles. The number of hydrogen-bond donors (Lipinski definition) is 0. The minimum Gasteiger partial charge on any atom is -0.304 e. The quantitative estimate of drug-likeness (QED) is 0.169. The second-order valence-electron chi connectivity index (χ2n) is 8.09. The maximum atomic E-state index is 3.98. The molecule has 25 heavy (non-hydrogen) atoms. The average molecular weight is 350 g/mol. The summed E-state index contributed by atoms with van der Waals surface area (Å²) in [5.74, 6) is 0. The summed E-state index contributed by atoms with van der Waals surface area (Å²) in [6, 6.07) is 0. The Kier molecular flexibility index (Phi) is 17.8. The summed E-state index contributed by atoms with van der Waals surface area (Å²) in [7, 11) is 0. The van der Waals surface area contributed by atoms with E-state index in [4.69, 9.17) is 0 Å². The molecular formula is C24H47N. The molecule has 0 unspecified atom stereocenters. The topological polar surface area (TPSA) is 3.24 Å². The number of unbranched alkanes of at least 4 members (excludes halogenated alkanes) is 10. The molecule has 0 aromatic carbocycles. The van der Waals surface area contributed by atoms with Gasteiger partial charge in [-0.05, 0) is 72.0 Å².